The molecule has 0 bridgehead atoms. The summed E-state index contributed by atoms with van der Waals surface area (Å²) in [5, 5.41) is 6.72. The number of hydrogen-bond donors (Lipinski definition) is 2. The highest BCUT2D eigenvalue weighted by atomic mass is 32.2. The van der Waals surface area contributed by atoms with E-state index >= 15 is 0 Å². The minimum absolute atomic E-state index is 0.336. The molecule has 0 spiro atoms. The molecule has 0 aromatic rings. The molecule has 2 N–H and O–H groups in total. The highest BCUT2D eigenvalue weighted by molar-refractivity contribution is 8.00. The number of guanidine groups is 1. The number of aliphatic imine (C=N–C) groups is 1. The molecule has 1 aliphatic heterocycles. The Morgan fingerprint density at radius 1 is 1.38 bits per heavy atom. The first-order chi connectivity index (χ1) is 10.1. The Kier molecular flexibility index (Phi) is 9.16. The molecule has 1 heterocycles. The number of nitrogens with one attached hydrogen (secondary N) is 2. The molecule has 0 aromatic carbocycles. The summed E-state index contributed by atoms with van der Waals surface area (Å²) in [7, 11) is 0. The van der Waals surface area contributed by atoms with E-state index in [0.29, 0.717) is 10.7 Å². The maximum Gasteiger partial charge on any atom is 0.191 e. The van der Waals surface area contributed by atoms with Crippen molar-refractivity contribution in [3.8, 4) is 0 Å². The second-order valence-electron chi connectivity index (χ2n) is 6.35. The molecule has 5 heteroatoms. The Balaban J connectivity index is 2.22. The fourth-order valence-electron chi connectivity index (χ4n) is 2.25. The molecule has 4 nitrogen and oxygen atoms in total. The van der Waals surface area contributed by atoms with Crippen molar-refractivity contribution < 1.29 is 4.74 Å². The van der Waals surface area contributed by atoms with E-state index in [4.69, 9.17) is 9.73 Å². The van der Waals surface area contributed by atoms with Crippen LogP contribution in [-0.2, 0) is 4.74 Å². The first-order valence-electron chi connectivity index (χ1n) is 8.29. The van der Waals surface area contributed by atoms with Crippen LogP contribution in [0.2, 0.25) is 0 Å². The van der Waals surface area contributed by atoms with Crippen LogP contribution in [-0.4, -0.2) is 49.3 Å². The molecule has 1 unspecified atom stereocenters. The van der Waals surface area contributed by atoms with Gasteiger partial charge in [-0.3, -0.25) is 4.99 Å². The number of rotatable bonds is 9. The summed E-state index contributed by atoms with van der Waals surface area (Å²) < 4.78 is 5.93. The number of hydrogen-bond acceptors (Lipinski definition) is 3. The van der Waals surface area contributed by atoms with Crippen LogP contribution in [0.25, 0.3) is 0 Å². The van der Waals surface area contributed by atoms with Crippen LogP contribution in [0.1, 0.15) is 47.0 Å². The van der Waals surface area contributed by atoms with Gasteiger partial charge in [0.1, 0.15) is 0 Å². The largest absolute Gasteiger partial charge is 0.381 e. The molecule has 0 amide bonds. The zero-order valence-electron chi connectivity index (χ0n) is 14.2. The third kappa shape index (κ3) is 8.57. The fourth-order valence-corrected chi connectivity index (χ4v) is 3.48. The van der Waals surface area contributed by atoms with Gasteiger partial charge in [-0.05, 0) is 44.8 Å². The van der Waals surface area contributed by atoms with E-state index < -0.39 is 0 Å². The molecular weight excluding hydrogens is 282 g/mol. The van der Waals surface area contributed by atoms with E-state index in [9.17, 15) is 0 Å². The Morgan fingerprint density at radius 2 is 2.19 bits per heavy atom. The normalized spacial score (nSPS) is 22.8. The van der Waals surface area contributed by atoms with Crippen LogP contribution in [0, 0.1) is 5.92 Å². The van der Waals surface area contributed by atoms with Gasteiger partial charge in [0, 0.05) is 31.1 Å². The highest BCUT2D eigenvalue weighted by Gasteiger charge is 2.29. The van der Waals surface area contributed by atoms with Gasteiger partial charge in [-0.2, -0.15) is 11.8 Å². The molecular formula is C16H33N3OS. The van der Waals surface area contributed by atoms with Crippen molar-refractivity contribution in [3.63, 3.8) is 0 Å². The summed E-state index contributed by atoms with van der Waals surface area (Å²) in [5.41, 5.74) is 0. The zero-order valence-corrected chi connectivity index (χ0v) is 15.0. The van der Waals surface area contributed by atoms with Crippen molar-refractivity contribution in [3.05, 3.63) is 0 Å². The first kappa shape index (κ1) is 18.6. The summed E-state index contributed by atoms with van der Waals surface area (Å²) in [6.45, 7) is 13.2. The van der Waals surface area contributed by atoms with Gasteiger partial charge >= 0.3 is 0 Å². The van der Waals surface area contributed by atoms with Gasteiger partial charge in [0.05, 0.1) is 6.54 Å². The van der Waals surface area contributed by atoms with Crippen LogP contribution in [0.4, 0.5) is 0 Å². The molecule has 0 aliphatic carbocycles. The van der Waals surface area contributed by atoms with Gasteiger partial charge in [0.15, 0.2) is 5.96 Å². The fraction of sp³-hybridized carbons (Fsp3) is 0.938. The molecule has 0 saturated carbocycles. The Morgan fingerprint density at radius 3 is 2.81 bits per heavy atom. The molecule has 21 heavy (non-hydrogen) atoms. The van der Waals surface area contributed by atoms with E-state index in [2.05, 4.69) is 50.1 Å². The van der Waals surface area contributed by atoms with Crippen molar-refractivity contribution in [1.29, 1.82) is 0 Å². The van der Waals surface area contributed by atoms with Gasteiger partial charge in [-0.15, -0.1) is 0 Å². The van der Waals surface area contributed by atoms with Crippen molar-refractivity contribution in [2.24, 2.45) is 10.9 Å². The van der Waals surface area contributed by atoms with Gasteiger partial charge in [-0.1, -0.05) is 13.8 Å². The van der Waals surface area contributed by atoms with Crippen LogP contribution in [0.5, 0.6) is 0 Å². The predicted molar refractivity (Wildman–Crippen MR) is 94.4 cm³/mol. The third-order valence-corrected chi connectivity index (χ3v) is 4.95. The van der Waals surface area contributed by atoms with Crippen molar-refractivity contribution in [2.75, 3.05) is 38.6 Å². The Bertz CT molecular complexity index is 302. The molecule has 1 saturated heterocycles. The van der Waals surface area contributed by atoms with E-state index in [-0.39, 0.29) is 0 Å². The highest BCUT2D eigenvalue weighted by Crippen LogP contribution is 2.37. The number of nitrogens with zero attached hydrogens (tertiary/aromatic N) is 1. The van der Waals surface area contributed by atoms with Crippen LogP contribution >= 0.6 is 11.8 Å². The van der Waals surface area contributed by atoms with Crippen molar-refractivity contribution >= 4 is 17.7 Å². The molecule has 1 aliphatic rings. The predicted octanol–water partition coefficient (Wildman–Crippen LogP) is 2.89. The monoisotopic (exact) mass is 315 g/mol. The maximum absolute atomic E-state index is 5.59. The smallest absolute Gasteiger partial charge is 0.191 e. The summed E-state index contributed by atoms with van der Waals surface area (Å²) in [4.78, 5) is 4.75. The van der Waals surface area contributed by atoms with Crippen molar-refractivity contribution in [2.45, 2.75) is 51.7 Å². The topological polar surface area (TPSA) is 45.7 Å². The lowest BCUT2D eigenvalue weighted by Crippen LogP contribution is -2.39. The van der Waals surface area contributed by atoms with E-state index in [0.717, 1.165) is 45.2 Å². The second kappa shape index (κ2) is 10.3. The lowest BCUT2D eigenvalue weighted by atomic mass is 10.1. The minimum atomic E-state index is 0.336. The third-order valence-electron chi connectivity index (χ3n) is 3.43. The SMILES string of the molecule is CCNC(=NCC1(C)CCCS1)NCCCOCC(C)C. The van der Waals surface area contributed by atoms with Gasteiger partial charge < -0.3 is 15.4 Å². The average Bonchev–Trinajstić information content (AvgIpc) is 2.87. The van der Waals surface area contributed by atoms with Crippen molar-refractivity contribution in [1.82, 2.24) is 10.6 Å². The van der Waals surface area contributed by atoms with E-state index in [1.807, 2.05) is 0 Å². The summed E-state index contributed by atoms with van der Waals surface area (Å²) in [6.07, 6.45) is 3.63. The van der Waals surface area contributed by atoms with Gasteiger partial charge in [-0.25, -0.2) is 0 Å². The molecule has 0 aromatic heterocycles. The molecule has 1 rings (SSSR count). The minimum Gasteiger partial charge on any atom is -0.381 e. The van der Waals surface area contributed by atoms with Gasteiger partial charge in [0.2, 0.25) is 0 Å². The summed E-state index contributed by atoms with van der Waals surface area (Å²) >= 11 is 2.06. The average molecular weight is 316 g/mol. The van der Waals surface area contributed by atoms with E-state index in [1.54, 1.807) is 0 Å². The molecule has 124 valence electrons. The molecule has 1 fully saturated rings. The van der Waals surface area contributed by atoms with Crippen LogP contribution in [0.15, 0.2) is 4.99 Å². The maximum atomic E-state index is 5.59. The van der Waals surface area contributed by atoms with E-state index in [1.165, 1.54) is 18.6 Å². The Labute approximate surface area is 134 Å². The Hall–Kier alpha value is -0.420. The lowest BCUT2D eigenvalue weighted by Gasteiger charge is -2.21. The molecule has 0 radical (unpaired) electrons. The second-order valence-corrected chi connectivity index (χ2v) is 8.03. The summed E-state index contributed by atoms with van der Waals surface area (Å²) in [5.74, 6) is 2.83. The standard InChI is InChI=1S/C16H33N3OS/c1-5-17-15(18-9-7-10-20-12-14(2)3)19-13-16(4)8-6-11-21-16/h14H,5-13H2,1-4H3,(H2,17,18,19). The quantitative estimate of drug-likeness (QED) is 0.390. The number of ether oxygens (including phenoxy) is 1. The van der Waals surface area contributed by atoms with Crippen LogP contribution < -0.4 is 10.6 Å². The molecule has 1 atom stereocenters. The van der Waals surface area contributed by atoms with Crippen LogP contribution in [0.3, 0.4) is 0 Å². The summed E-state index contributed by atoms with van der Waals surface area (Å²) in [6, 6.07) is 0. The van der Waals surface area contributed by atoms with Gasteiger partial charge in [0.25, 0.3) is 0 Å². The first-order valence-corrected chi connectivity index (χ1v) is 9.28. The zero-order chi connectivity index (χ0) is 15.6. The number of thioether (sulfide) groups is 1. The lowest BCUT2D eigenvalue weighted by molar-refractivity contribution is 0.108.